The van der Waals surface area contributed by atoms with E-state index in [4.69, 9.17) is 4.74 Å². The Morgan fingerprint density at radius 3 is 2.61 bits per heavy atom. The molecule has 2 aliphatic heterocycles. The van der Waals surface area contributed by atoms with Gasteiger partial charge in [-0.15, -0.1) is 0 Å². The van der Waals surface area contributed by atoms with Crippen LogP contribution >= 0.6 is 0 Å². The first-order valence-corrected chi connectivity index (χ1v) is 12.9. The number of likely N-dealkylation sites (tertiary alicyclic amines) is 2. The number of rotatable bonds is 7. The number of ether oxygens (including phenoxy) is 1. The number of piperidine rings is 1. The molecule has 2 aliphatic rings. The van der Waals surface area contributed by atoms with E-state index in [-0.39, 0.29) is 24.1 Å². The molecule has 2 amide bonds. The zero-order chi connectivity index (χ0) is 25.8. The molecular formula is C26H39N7O3. The second kappa shape index (κ2) is 11.3. The van der Waals surface area contributed by atoms with E-state index in [1.165, 1.54) is 0 Å². The molecule has 2 saturated heterocycles. The van der Waals surface area contributed by atoms with Gasteiger partial charge in [0, 0.05) is 44.7 Å². The molecule has 0 aliphatic carbocycles. The molecule has 196 valence electrons. The number of hydrogen-bond acceptors (Lipinski definition) is 7. The van der Waals surface area contributed by atoms with Crippen molar-refractivity contribution in [1.29, 1.82) is 0 Å². The molecule has 10 nitrogen and oxygen atoms in total. The fraction of sp³-hybridized carbons (Fsp3) is 0.615. The number of amides is 2. The Bertz CT molecular complexity index is 1100. The van der Waals surface area contributed by atoms with Crippen LogP contribution < -0.4 is 5.32 Å². The molecule has 36 heavy (non-hydrogen) atoms. The SMILES string of the molecule is Cc1cc(NC2CCN(C(=O)O[C@@H]3CCN(C(=O)/C=C/CN(C)C)C3)CC2)c2ncc(C(C)C)n2n1. The number of imidazole rings is 1. The molecule has 2 aromatic rings. The second-order valence-corrected chi connectivity index (χ2v) is 10.4. The lowest BCUT2D eigenvalue weighted by molar-refractivity contribution is -0.125. The van der Waals surface area contributed by atoms with E-state index in [0.717, 1.165) is 42.1 Å². The second-order valence-electron chi connectivity index (χ2n) is 10.4. The fourth-order valence-electron chi connectivity index (χ4n) is 4.75. The molecule has 4 rings (SSSR count). The summed E-state index contributed by atoms with van der Waals surface area (Å²) < 4.78 is 7.68. The summed E-state index contributed by atoms with van der Waals surface area (Å²) >= 11 is 0. The average Bonchev–Trinajstić information content (AvgIpc) is 3.46. The number of aryl methyl sites for hydroxylation is 1. The maximum absolute atomic E-state index is 12.8. The van der Waals surface area contributed by atoms with Gasteiger partial charge in [-0.25, -0.2) is 14.3 Å². The Morgan fingerprint density at radius 2 is 1.92 bits per heavy atom. The predicted molar refractivity (Wildman–Crippen MR) is 139 cm³/mol. The van der Waals surface area contributed by atoms with Crippen LogP contribution in [-0.4, -0.2) is 100 Å². The van der Waals surface area contributed by atoms with Gasteiger partial charge in [-0.05, 0) is 45.8 Å². The van der Waals surface area contributed by atoms with E-state index in [1.54, 1.807) is 15.9 Å². The van der Waals surface area contributed by atoms with E-state index in [0.29, 0.717) is 38.5 Å². The summed E-state index contributed by atoms with van der Waals surface area (Å²) in [6.45, 7) is 9.31. The van der Waals surface area contributed by atoms with Gasteiger partial charge in [-0.2, -0.15) is 5.10 Å². The predicted octanol–water partition coefficient (Wildman–Crippen LogP) is 2.89. The molecule has 0 bridgehead atoms. The van der Waals surface area contributed by atoms with Crippen LogP contribution in [0.2, 0.25) is 0 Å². The van der Waals surface area contributed by atoms with Gasteiger partial charge in [-0.3, -0.25) is 4.79 Å². The summed E-state index contributed by atoms with van der Waals surface area (Å²) in [5, 5.41) is 8.28. The fourth-order valence-corrected chi connectivity index (χ4v) is 4.75. The van der Waals surface area contributed by atoms with Crippen molar-refractivity contribution < 1.29 is 14.3 Å². The van der Waals surface area contributed by atoms with Gasteiger partial charge >= 0.3 is 6.09 Å². The Hall–Kier alpha value is -3.14. The Balaban J connectivity index is 1.26. The molecule has 4 heterocycles. The first-order valence-electron chi connectivity index (χ1n) is 12.9. The smallest absolute Gasteiger partial charge is 0.410 e. The molecule has 1 N–H and O–H groups in total. The number of carbonyl (C=O) groups is 2. The van der Waals surface area contributed by atoms with Crippen LogP contribution in [0.25, 0.3) is 5.65 Å². The molecule has 0 saturated carbocycles. The molecular weight excluding hydrogens is 458 g/mol. The highest BCUT2D eigenvalue weighted by atomic mass is 16.6. The van der Waals surface area contributed by atoms with E-state index >= 15 is 0 Å². The van der Waals surface area contributed by atoms with Crippen molar-refractivity contribution in [3.8, 4) is 0 Å². The van der Waals surface area contributed by atoms with Gasteiger partial charge in [0.05, 0.1) is 29.8 Å². The van der Waals surface area contributed by atoms with Crippen molar-refractivity contribution in [1.82, 2.24) is 29.3 Å². The number of aromatic nitrogens is 3. The number of hydrogen-bond donors (Lipinski definition) is 1. The third-order valence-electron chi connectivity index (χ3n) is 6.78. The molecule has 2 fully saturated rings. The van der Waals surface area contributed by atoms with Gasteiger partial charge in [0.15, 0.2) is 5.65 Å². The van der Waals surface area contributed by atoms with Crippen molar-refractivity contribution in [2.24, 2.45) is 0 Å². The standard InChI is InChI=1S/C26H39N7O3/c1-18(2)23-16-27-25-22(15-19(3)29-33(23)25)28-20-8-12-31(13-9-20)26(35)36-21-10-14-32(17-21)24(34)7-6-11-30(4)5/h6-7,15-16,18,20-21,28H,8-14,17H2,1-5H3/b7-6+/t21-/m1/s1. The van der Waals surface area contributed by atoms with Crippen LogP contribution in [0.5, 0.6) is 0 Å². The average molecular weight is 498 g/mol. The Morgan fingerprint density at radius 1 is 1.19 bits per heavy atom. The summed E-state index contributed by atoms with van der Waals surface area (Å²) in [6, 6.07) is 2.28. The molecule has 1 atom stereocenters. The lowest BCUT2D eigenvalue weighted by Gasteiger charge is -2.33. The molecule has 0 unspecified atom stereocenters. The van der Waals surface area contributed by atoms with Crippen molar-refractivity contribution in [3.05, 3.63) is 35.8 Å². The van der Waals surface area contributed by atoms with E-state index < -0.39 is 0 Å². The Labute approximate surface area is 213 Å². The minimum absolute atomic E-state index is 0.0271. The quantitative estimate of drug-likeness (QED) is 0.588. The first-order chi connectivity index (χ1) is 17.2. The summed E-state index contributed by atoms with van der Waals surface area (Å²) in [6.07, 6.45) is 7.15. The monoisotopic (exact) mass is 497 g/mol. The lowest BCUT2D eigenvalue weighted by Crippen LogP contribution is -2.44. The van der Waals surface area contributed by atoms with Crippen LogP contribution in [0.15, 0.2) is 24.4 Å². The summed E-state index contributed by atoms with van der Waals surface area (Å²) in [7, 11) is 3.92. The van der Waals surface area contributed by atoms with E-state index in [1.807, 2.05) is 48.8 Å². The highest BCUT2D eigenvalue weighted by molar-refractivity contribution is 5.87. The number of anilines is 1. The van der Waals surface area contributed by atoms with Crippen LogP contribution in [0.3, 0.4) is 0 Å². The zero-order valence-electron chi connectivity index (χ0n) is 22.1. The van der Waals surface area contributed by atoms with Gasteiger partial charge in [0.25, 0.3) is 0 Å². The van der Waals surface area contributed by atoms with Crippen molar-refractivity contribution in [2.75, 3.05) is 52.1 Å². The lowest BCUT2D eigenvalue weighted by atomic mass is 10.1. The van der Waals surface area contributed by atoms with Crippen LogP contribution in [0.1, 0.15) is 50.4 Å². The van der Waals surface area contributed by atoms with E-state index in [9.17, 15) is 9.59 Å². The van der Waals surface area contributed by atoms with Crippen molar-refractivity contribution >= 4 is 23.3 Å². The van der Waals surface area contributed by atoms with Gasteiger partial charge in [0.1, 0.15) is 6.10 Å². The topological polar surface area (TPSA) is 95.3 Å². The van der Waals surface area contributed by atoms with Crippen LogP contribution in [0, 0.1) is 6.92 Å². The molecule has 2 aromatic heterocycles. The molecule has 0 spiro atoms. The van der Waals surface area contributed by atoms with Crippen LogP contribution in [-0.2, 0) is 9.53 Å². The minimum Gasteiger partial charge on any atom is -0.444 e. The van der Waals surface area contributed by atoms with E-state index in [2.05, 4.69) is 29.2 Å². The summed E-state index contributed by atoms with van der Waals surface area (Å²) in [4.78, 5) is 35.2. The molecule has 0 radical (unpaired) electrons. The maximum atomic E-state index is 12.8. The highest BCUT2D eigenvalue weighted by Crippen LogP contribution is 2.25. The largest absolute Gasteiger partial charge is 0.444 e. The number of carbonyl (C=O) groups excluding carboxylic acids is 2. The zero-order valence-corrected chi connectivity index (χ0v) is 22.1. The third kappa shape index (κ3) is 6.16. The summed E-state index contributed by atoms with van der Waals surface area (Å²) in [5.74, 6) is 0.307. The summed E-state index contributed by atoms with van der Waals surface area (Å²) in [5.41, 5.74) is 3.84. The number of nitrogens with one attached hydrogen (secondary N) is 1. The number of likely N-dealkylation sites (N-methyl/N-ethyl adjacent to an activating group) is 1. The molecule has 10 heteroatoms. The highest BCUT2D eigenvalue weighted by Gasteiger charge is 2.31. The Kier molecular flexibility index (Phi) is 8.13. The number of fused-ring (bicyclic) bond motifs is 1. The van der Waals surface area contributed by atoms with Crippen molar-refractivity contribution in [3.63, 3.8) is 0 Å². The van der Waals surface area contributed by atoms with Crippen molar-refractivity contribution in [2.45, 2.75) is 58.1 Å². The van der Waals surface area contributed by atoms with Gasteiger partial charge in [0.2, 0.25) is 5.91 Å². The minimum atomic E-state index is -0.284. The normalized spacial score (nSPS) is 19.2. The number of nitrogens with zero attached hydrogens (tertiary/aromatic N) is 6. The molecule has 0 aromatic carbocycles. The van der Waals surface area contributed by atoms with Gasteiger partial charge < -0.3 is 24.8 Å². The first kappa shape index (κ1) is 25.9. The van der Waals surface area contributed by atoms with Gasteiger partial charge in [-0.1, -0.05) is 19.9 Å². The van der Waals surface area contributed by atoms with Crippen LogP contribution in [0.4, 0.5) is 10.5 Å². The third-order valence-corrected chi connectivity index (χ3v) is 6.78. The maximum Gasteiger partial charge on any atom is 0.410 e.